The van der Waals surface area contributed by atoms with Gasteiger partial charge in [-0.3, -0.25) is 0 Å². The van der Waals surface area contributed by atoms with Gasteiger partial charge in [0.15, 0.2) is 5.15 Å². The van der Waals surface area contributed by atoms with Gasteiger partial charge in [-0.05, 0) is 36.5 Å². The minimum Gasteiger partial charge on any atom is -0.493 e. The zero-order valence-electron chi connectivity index (χ0n) is 12.0. The van der Waals surface area contributed by atoms with Gasteiger partial charge in [0.25, 0.3) is 0 Å². The Morgan fingerprint density at radius 3 is 3.00 bits per heavy atom. The van der Waals surface area contributed by atoms with Crippen LogP contribution in [0.5, 0.6) is 5.75 Å². The minimum atomic E-state index is 0.310. The van der Waals surface area contributed by atoms with Crippen molar-refractivity contribution in [3.8, 4) is 11.8 Å². The summed E-state index contributed by atoms with van der Waals surface area (Å²) in [5.41, 5.74) is 0.497. The Labute approximate surface area is 139 Å². The van der Waals surface area contributed by atoms with Crippen molar-refractivity contribution in [1.82, 2.24) is 4.37 Å². The molecule has 0 spiro atoms. The smallest absolute Gasteiger partial charge is 0.162 e. The topological polar surface area (TPSA) is 49.2 Å². The Kier molecular flexibility index (Phi) is 4.81. The average molecular weight is 334 g/mol. The van der Waals surface area contributed by atoms with E-state index in [1.807, 2.05) is 30.3 Å². The first-order valence-corrected chi connectivity index (χ1v) is 8.41. The first-order chi connectivity index (χ1) is 10.8. The fourth-order valence-electron chi connectivity index (χ4n) is 2.69. The van der Waals surface area contributed by atoms with Gasteiger partial charge in [-0.25, -0.2) is 0 Å². The predicted molar refractivity (Wildman–Crippen MR) is 88.7 cm³/mol. The predicted octanol–water partition coefficient (Wildman–Crippen LogP) is 3.96. The Balaban J connectivity index is 1.63. The van der Waals surface area contributed by atoms with Crippen LogP contribution < -0.4 is 9.64 Å². The lowest BCUT2D eigenvalue weighted by Gasteiger charge is -2.33. The number of halogens is 1. The number of nitrogens with zero attached hydrogens (tertiary/aromatic N) is 3. The average Bonchev–Trinajstić information content (AvgIpc) is 2.95. The summed E-state index contributed by atoms with van der Waals surface area (Å²) < 4.78 is 9.95. The monoisotopic (exact) mass is 333 g/mol. The third kappa shape index (κ3) is 3.34. The van der Waals surface area contributed by atoms with Crippen molar-refractivity contribution in [2.45, 2.75) is 12.8 Å². The summed E-state index contributed by atoms with van der Waals surface area (Å²) in [6.45, 7) is 2.50. The zero-order valence-corrected chi connectivity index (χ0v) is 13.6. The van der Waals surface area contributed by atoms with Crippen LogP contribution in [0.15, 0.2) is 30.3 Å². The molecule has 1 saturated heterocycles. The molecule has 0 amide bonds. The molecule has 2 heterocycles. The lowest BCUT2D eigenvalue weighted by atomic mass is 9.99. The van der Waals surface area contributed by atoms with E-state index in [-0.39, 0.29) is 0 Å². The number of piperidine rings is 1. The van der Waals surface area contributed by atoms with Crippen LogP contribution in [0.25, 0.3) is 0 Å². The Bertz CT molecular complexity index is 668. The van der Waals surface area contributed by atoms with Gasteiger partial charge >= 0.3 is 0 Å². The van der Waals surface area contributed by atoms with Gasteiger partial charge in [0.2, 0.25) is 0 Å². The largest absolute Gasteiger partial charge is 0.493 e. The highest BCUT2D eigenvalue weighted by atomic mass is 35.5. The number of para-hydroxylation sites is 1. The molecule has 22 heavy (non-hydrogen) atoms. The molecular weight excluding hydrogens is 318 g/mol. The quantitative estimate of drug-likeness (QED) is 0.849. The van der Waals surface area contributed by atoms with Crippen LogP contribution in [0, 0.1) is 17.2 Å². The van der Waals surface area contributed by atoms with Crippen molar-refractivity contribution in [1.29, 1.82) is 5.26 Å². The number of anilines is 1. The molecule has 1 aromatic heterocycles. The van der Waals surface area contributed by atoms with Gasteiger partial charge in [0.1, 0.15) is 22.4 Å². The molecule has 1 atom stereocenters. The van der Waals surface area contributed by atoms with E-state index in [9.17, 15) is 5.26 Å². The van der Waals surface area contributed by atoms with E-state index in [0.717, 1.165) is 36.7 Å². The Morgan fingerprint density at radius 1 is 1.41 bits per heavy atom. The summed E-state index contributed by atoms with van der Waals surface area (Å²) in [5, 5.41) is 10.4. The van der Waals surface area contributed by atoms with Crippen molar-refractivity contribution in [3.63, 3.8) is 0 Å². The molecule has 4 nitrogen and oxygen atoms in total. The number of aromatic nitrogens is 1. The Hall–Kier alpha value is -1.77. The highest BCUT2D eigenvalue weighted by molar-refractivity contribution is 7.10. The van der Waals surface area contributed by atoms with Crippen LogP contribution in [0.3, 0.4) is 0 Å². The molecule has 0 bridgehead atoms. The van der Waals surface area contributed by atoms with Gasteiger partial charge in [0.05, 0.1) is 6.61 Å². The summed E-state index contributed by atoms with van der Waals surface area (Å²) in [5.74, 6) is 1.35. The molecule has 0 aliphatic carbocycles. The molecule has 114 valence electrons. The summed E-state index contributed by atoms with van der Waals surface area (Å²) in [7, 11) is 0. The lowest BCUT2D eigenvalue weighted by molar-refractivity contribution is 0.229. The van der Waals surface area contributed by atoms with E-state index in [2.05, 4.69) is 15.3 Å². The van der Waals surface area contributed by atoms with Gasteiger partial charge in [-0.15, -0.1) is 0 Å². The molecule has 1 aliphatic heterocycles. The molecular formula is C16H16ClN3OS. The van der Waals surface area contributed by atoms with Crippen LogP contribution in [0.4, 0.5) is 5.00 Å². The molecule has 1 aromatic carbocycles. The fourth-order valence-corrected chi connectivity index (χ4v) is 3.75. The molecule has 6 heteroatoms. The highest BCUT2D eigenvalue weighted by Crippen LogP contribution is 2.34. The third-order valence-corrected chi connectivity index (χ3v) is 5.06. The second-order valence-electron chi connectivity index (χ2n) is 5.34. The number of benzene rings is 1. The first-order valence-electron chi connectivity index (χ1n) is 7.26. The van der Waals surface area contributed by atoms with E-state index >= 15 is 0 Å². The summed E-state index contributed by atoms with van der Waals surface area (Å²) in [6.07, 6.45) is 2.22. The maximum Gasteiger partial charge on any atom is 0.162 e. The van der Waals surface area contributed by atoms with Gasteiger partial charge in [-0.1, -0.05) is 29.8 Å². The lowest BCUT2D eigenvalue weighted by Crippen LogP contribution is -2.37. The van der Waals surface area contributed by atoms with Crippen molar-refractivity contribution in [2.75, 3.05) is 24.6 Å². The van der Waals surface area contributed by atoms with Crippen molar-refractivity contribution in [2.24, 2.45) is 5.92 Å². The number of hydrogen-bond acceptors (Lipinski definition) is 5. The van der Waals surface area contributed by atoms with Crippen LogP contribution >= 0.6 is 23.1 Å². The van der Waals surface area contributed by atoms with Gasteiger partial charge in [-0.2, -0.15) is 9.64 Å². The molecule has 2 aromatic rings. The number of hydrogen-bond donors (Lipinski definition) is 0. The van der Waals surface area contributed by atoms with E-state index in [0.29, 0.717) is 23.2 Å². The molecule has 0 saturated carbocycles. The molecule has 3 rings (SSSR count). The normalized spacial score (nSPS) is 18.0. The number of nitriles is 1. The summed E-state index contributed by atoms with van der Waals surface area (Å²) >= 11 is 7.27. The Morgan fingerprint density at radius 2 is 2.23 bits per heavy atom. The third-order valence-electron chi connectivity index (χ3n) is 3.78. The molecule has 1 unspecified atom stereocenters. The maximum absolute atomic E-state index is 9.22. The minimum absolute atomic E-state index is 0.310. The molecule has 1 fully saturated rings. The second kappa shape index (κ2) is 6.99. The number of ether oxygens (including phenoxy) is 1. The first kappa shape index (κ1) is 15.1. The van der Waals surface area contributed by atoms with Crippen molar-refractivity contribution in [3.05, 3.63) is 41.0 Å². The summed E-state index contributed by atoms with van der Waals surface area (Å²) in [6, 6.07) is 12.0. The molecule has 0 radical (unpaired) electrons. The van der Waals surface area contributed by atoms with Crippen LogP contribution in [0.2, 0.25) is 5.15 Å². The fraction of sp³-hybridized carbons (Fsp3) is 0.375. The van der Waals surface area contributed by atoms with Crippen LogP contribution in [-0.2, 0) is 0 Å². The summed E-state index contributed by atoms with van der Waals surface area (Å²) in [4.78, 5) is 2.21. The van der Waals surface area contributed by atoms with Crippen molar-refractivity contribution >= 4 is 28.1 Å². The zero-order chi connectivity index (χ0) is 15.4. The van der Waals surface area contributed by atoms with Crippen LogP contribution in [-0.4, -0.2) is 24.1 Å². The standard InChI is InChI=1S/C16H16ClN3OS/c17-15-14(9-18)16(22-19-15)20-8-4-5-12(10-20)11-21-13-6-2-1-3-7-13/h1-3,6-7,12H,4-5,8,10-11H2. The van der Waals surface area contributed by atoms with E-state index in [1.165, 1.54) is 11.5 Å². The van der Waals surface area contributed by atoms with E-state index < -0.39 is 0 Å². The SMILES string of the molecule is N#Cc1c(Cl)nsc1N1CCCC(COc2ccccc2)C1. The maximum atomic E-state index is 9.22. The van der Waals surface area contributed by atoms with Crippen LogP contribution in [0.1, 0.15) is 18.4 Å². The molecule has 1 aliphatic rings. The highest BCUT2D eigenvalue weighted by Gasteiger charge is 2.25. The van der Waals surface area contributed by atoms with E-state index in [1.54, 1.807) is 0 Å². The second-order valence-corrected chi connectivity index (χ2v) is 6.45. The van der Waals surface area contributed by atoms with Gasteiger partial charge < -0.3 is 9.64 Å². The van der Waals surface area contributed by atoms with E-state index in [4.69, 9.17) is 16.3 Å². The van der Waals surface area contributed by atoms with Gasteiger partial charge in [0, 0.05) is 19.0 Å². The molecule has 0 N–H and O–H groups in total. The number of rotatable bonds is 4. The van der Waals surface area contributed by atoms with Crippen molar-refractivity contribution < 1.29 is 4.74 Å².